The first kappa shape index (κ1) is 16.4. The number of carbonyl (C=O) groups excluding carboxylic acids is 1. The molecule has 2 aromatic rings. The molecule has 5 heteroatoms. The van der Waals surface area contributed by atoms with E-state index in [4.69, 9.17) is 0 Å². The molecule has 1 N–H and O–H groups in total. The predicted octanol–water partition coefficient (Wildman–Crippen LogP) is 1.79. The monoisotopic (exact) mass is 325 g/mol. The predicted molar refractivity (Wildman–Crippen MR) is 93.0 cm³/mol. The van der Waals surface area contributed by atoms with Crippen LogP contribution in [-0.4, -0.2) is 22.2 Å². The summed E-state index contributed by atoms with van der Waals surface area (Å²) in [5.74, 6) is -0.172. The number of aryl methyl sites for hydroxylation is 3. The van der Waals surface area contributed by atoms with Gasteiger partial charge in [-0.25, -0.2) is 4.68 Å². The number of nitrogens with zero attached hydrogens (tertiary/aromatic N) is 2. The third-order valence-electron chi connectivity index (χ3n) is 4.55. The second kappa shape index (κ2) is 7.43. The van der Waals surface area contributed by atoms with Gasteiger partial charge in [0.05, 0.1) is 5.69 Å². The van der Waals surface area contributed by atoms with E-state index in [0.29, 0.717) is 6.54 Å². The van der Waals surface area contributed by atoms with Crippen molar-refractivity contribution < 1.29 is 4.79 Å². The van der Waals surface area contributed by atoms with Gasteiger partial charge in [0.25, 0.3) is 5.56 Å². The fourth-order valence-electron chi connectivity index (χ4n) is 3.13. The van der Waals surface area contributed by atoms with Crippen LogP contribution in [0.3, 0.4) is 0 Å². The van der Waals surface area contributed by atoms with Crippen LogP contribution in [0, 0.1) is 6.92 Å². The van der Waals surface area contributed by atoms with Gasteiger partial charge in [-0.05, 0) is 55.7 Å². The van der Waals surface area contributed by atoms with Gasteiger partial charge in [-0.15, -0.1) is 0 Å². The Morgan fingerprint density at radius 1 is 1.25 bits per heavy atom. The number of benzene rings is 1. The molecule has 0 radical (unpaired) electrons. The molecule has 3 rings (SSSR count). The molecule has 5 nitrogen and oxygen atoms in total. The maximum Gasteiger partial charge on any atom is 0.267 e. The summed E-state index contributed by atoms with van der Waals surface area (Å²) in [4.78, 5) is 24.2. The molecule has 0 spiro atoms. The number of aromatic nitrogens is 2. The molecule has 0 saturated carbocycles. The summed E-state index contributed by atoms with van der Waals surface area (Å²) in [5.41, 5.74) is 4.27. The van der Waals surface area contributed by atoms with Gasteiger partial charge in [0, 0.05) is 12.6 Å². The number of hydrogen-bond acceptors (Lipinski definition) is 3. The maximum atomic E-state index is 12.1. The van der Waals surface area contributed by atoms with E-state index in [1.807, 2.05) is 12.1 Å². The van der Waals surface area contributed by atoms with Gasteiger partial charge in [-0.3, -0.25) is 9.59 Å². The molecular formula is C19H23N3O2. The van der Waals surface area contributed by atoms with Gasteiger partial charge in [0.2, 0.25) is 5.91 Å². The molecule has 1 aliphatic rings. The van der Waals surface area contributed by atoms with Crippen LogP contribution in [0.2, 0.25) is 0 Å². The zero-order chi connectivity index (χ0) is 16.9. The quantitative estimate of drug-likeness (QED) is 0.911. The zero-order valence-electron chi connectivity index (χ0n) is 14.0. The first-order valence-electron chi connectivity index (χ1n) is 8.54. The highest BCUT2D eigenvalue weighted by Crippen LogP contribution is 2.16. The van der Waals surface area contributed by atoms with Crippen LogP contribution in [0.5, 0.6) is 0 Å². The summed E-state index contributed by atoms with van der Waals surface area (Å²) in [6, 6.07) is 9.78. The molecule has 1 amide bonds. The zero-order valence-corrected chi connectivity index (χ0v) is 14.0. The summed E-state index contributed by atoms with van der Waals surface area (Å²) >= 11 is 0. The molecule has 0 aliphatic heterocycles. The maximum absolute atomic E-state index is 12.1. The summed E-state index contributed by atoms with van der Waals surface area (Å²) < 4.78 is 1.28. The largest absolute Gasteiger partial charge is 0.354 e. The number of rotatable bonds is 5. The molecule has 0 bridgehead atoms. The van der Waals surface area contributed by atoms with Crippen LogP contribution in [0.15, 0.2) is 35.1 Å². The Hall–Kier alpha value is -2.43. The lowest BCUT2D eigenvalue weighted by Gasteiger charge is -2.15. The van der Waals surface area contributed by atoms with Crippen LogP contribution in [0.1, 0.15) is 35.2 Å². The third kappa shape index (κ3) is 3.91. The highest BCUT2D eigenvalue weighted by Gasteiger charge is 2.14. The molecule has 0 fully saturated rings. The average Bonchev–Trinajstić information content (AvgIpc) is 2.57. The highest BCUT2D eigenvalue weighted by molar-refractivity contribution is 5.75. The third-order valence-corrected chi connectivity index (χ3v) is 4.55. The lowest BCUT2D eigenvalue weighted by atomic mass is 9.97. The van der Waals surface area contributed by atoms with E-state index in [1.54, 1.807) is 6.07 Å². The minimum absolute atomic E-state index is 0.0140. The number of fused-ring (bicyclic) bond motifs is 1. The molecule has 0 atom stereocenters. The van der Waals surface area contributed by atoms with Gasteiger partial charge < -0.3 is 5.32 Å². The minimum Gasteiger partial charge on any atom is -0.354 e. The van der Waals surface area contributed by atoms with E-state index < -0.39 is 0 Å². The Balaban J connectivity index is 1.57. The molecule has 0 saturated heterocycles. The van der Waals surface area contributed by atoms with Gasteiger partial charge >= 0.3 is 0 Å². The molecule has 24 heavy (non-hydrogen) atoms. The second-order valence-corrected chi connectivity index (χ2v) is 6.35. The number of amides is 1. The van der Waals surface area contributed by atoms with E-state index in [1.165, 1.54) is 15.8 Å². The van der Waals surface area contributed by atoms with Gasteiger partial charge in [-0.2, -0.15) is 5.10 Å². The van der Waals surface area contributed by atoms with Gasteiger partial charge in [0.15, 0.2) is 0 Å². The van der Waals surface area contributed by atoms with Crippen molar-refractivity contribution in [1.82, 2.24) is 15.1 Å². The van der Waals surface area contributed by atoms with E-state index in [0.717, 1.165) is 43.4 Å². The summed E-state index contributed by atoms with van der Waals surface area (Å²) in [7, 11) is 0. The highest BCUT2D eigenvalue weighted by atomic mass is 16.2. The van der Waals surface area contributed by atoms with E-state index >= 15 is 0 Å². The van der Waals surface area contributed by atoms with Crippen molar-refractivity contribution in [3.63, 3.8) is 0 Å². The lowest BCUT2D eigenvalue weighted by molar-refractivity contribution is -0.121. The Kier molecular flexibility index (Phi) is 5.08. The summed E-state index contributed by atoms with van der Waals surface area (Å²) in [6.45, 7) is 2.61. The second-order valence-electron chi connectivity index (χ2n) is 6.35. The number of hydrogen-bond donors (Lipinski definition) is 1. The minimum atomic E-state index is -0.190. The van der Waals surface area contributed by atoms with E-state index in [9.17, 15) is 9.59 Å². The topological polar surface area (TPSA) is 64.0 Å². The first-order chi connectivity index (χ1) is 11.6. The Bertz CT molecular complexity index is 795. The molecule has 126 valence electrons. The van der Waals surface area contributed by atoms with Crippen molar-refractivity contribution in [1.29, 1.82) is 0 Å². The van der Waals surface area contributed by atoms with Crippen molar-refractivity contribution in [3.05, 3.63) is 63.1 Å². The van der Waals surface area contributed by atoms with Crippen molar-refractivity contribution in [2.45, 2.75) is 45.6 Å². The van der Waals surface area contributed by atoms with E-state index in [2.05, 4.69) is 29.5 Å². The van der Waals surface area contributed by atoms with Crippen molar-refractivity contribution >= 4 is 5.91 Å². The fraction of sp³-hybridized carbons (Fsp3) is 0.421. The average molecular weight is 325 g/mol. The molecule has 0 unspecified atom stereocenters. The Labute approximate surface area is 141 Å². The van der Waals surface area contributed by atoms with Crippen LogP contribution < -0.4 is 10.9 Å². The molecule has 1 aromatic heterocycles. The van der Waals surface area contributed by atoms with Crippen LogP contribution >= 0.6 is 0 Å². The van der Waals surface area contributed by atoms with Gasteiger partial charge in [-0.1, -0.05) is 24.3 Å². The summed E-state index contributed by atoms with van der Waals surface area (Å²) in [6.07, 6.45) is 4.80. The molecule has 1 aliphatic carbocycles. The fourth-order valence-corrected chi connectivity index (χ4v) is 3.13. The smallest absolute Gasteiger partial charge is 0.267 e. The Morgan fingerprint density at radius 3 is 2.88 bits per heavy atom. The van der Waals surface area contributed by atoms with Crippen molar-refractivity contribution in [2.24, 2.45) is 0 Å². The van der Waals surface area contributed by atoms with Crippen LogP contribution in [-0.2, 0) is 30.6 Å². The Morgan fingerprint density at radius 2 is 2.04 bits per heavy atom. The summed E-state index contributed by atoms with van der Waals surface area (Å²) in [5, 5.41) is 7.25. The van der Waals surface area contributed by atoms with Gasteiger partial charge in [0.1, 0.15) is 6.54 Å². The normalized spacial score (nSPS) is 13.4. The lowest BCUT2D eigenvalue weighted by Crippen LogP contribution is -2.35. The SMILES string of the molecule is Cc1ccccc1CCNC(=O)Cn1nc2c(cc1=O)CCCC2. The van der Waals surface area contributed by atoms with Crippen molar-refractivity contribution in [3.8, 4) is 0 Å². The standard InChI is InChI=1S/C19H23N3O2/c1-14-6-2-3-7-15(14)10-11-20-18(23)13-22-19(24)12-16-8-4-5-9-17(16)21-22/h2-3,6-7,12H,4-5,8-11,13H2,1H3,(H,20,23). The molecule has 1 heterocycles. The van der Waals surface area contributed by atoms with Crippen LogP contribution in [0.4, 0.5) is 0 Å². The van der Waals surface area contributed by atoms with E-state index in [-0.39, 0.29) is 18.0 Å². The number of carbonyl (C=O) groups is 1. The van der Waals surface area contributed by atoms with Crippen molar-refractivity contribution in [2.75, 3.05) is 6.54 Å². The van der Waals surface area contributed by atoms with Crippen LogP contribution in [0.25, 0.3) is 0 Å². The molecular weight excluding hydrogens is 302 g/mol. The number of nitrogens with one attached hydrogen (secondary N) is 1. The molecule has 1 aromatic carbocycles. The first-order valence-corrected chi connectivity index (χ1v) is 8.54.